The van der Waals surface area contributed by atoms with E-state index in [-0.39, 0.29) is 27.5 Å². The molecular weight excluding hydrogens is 449 g/mol. The molecule has 0 unspecified atom stereocenters. The number of benzene rings is 3. The van der Waals surface area contributed by atoms with E-state index in [0.717, 1.165) is 12.1 Å². The van der Waals surface area contributed by atoms with Gasteiger partial charge in [-0.05, 0) is 67.6 Å². The third-order valence-corrected chi connectivity index (χ3v) is 5.98. The Hall–Kier alpha value is -4.05. The van der Waals surface area contributed by atoms with E-state index in [1.54, 1.807) is 31.2 Å². The number of phenols is 1. The highest BCUT2D eigenvalue weighted by Gasteiger charge is 2.17. The average Bonchev–Trinajstić information content (AvgIpc) is 2.81. The number of carbonyl (C=O) groups is 1. The van der Waals surface area contributed by atoms with Crippen molar-refractivity contribution in [2.75, 3.05) is 11.8 Å². The lowest BCUT2D eigenvalue weighted by Crippen LogP contribution is -2.36. The van der Waals surface area contributed by atoms with Gasteiger partial charge in [-0.3, -0.25) is 20.4 Å². The predicted octanol–water partition coefficient (Wildman–Crippen LogP) is 3.64. The van der Waals surface area contributed by atoms with Crippen LogP contribution in [0.15, 0.2) is 77.7 Å². The molecule has 3 aromatic carbocycles. The van der Waals surface area contributed by atoms with Crippen LogP contribution in [0.1, 0.15) is 22.8 Å². The Morgan fingerprint density at radius 2 is 1.76 bits per heavy atom. The van der Waals surface area contributed by atoms with E-state index in [4.69, 9.17) is 4.74 Å². The van der Waals surface area contributed by atoms with Gasteiger partial charge in [-0.2, -0.15) is 0 Å². The van der Waals surface area contributed by atoms with Crippen LogP contribution in [0.4, 0.5) is 10.1 Å². The summed E-state index contributed by atoms with van der Waals surface area (Å²) in [5.41, 5.74) is 5.84. The van der Waals surface area contributed by atoms with Crippen molar-refractivity contribution >= 4 is 27.3 Å². The Bertz CT molecular complexity index is 1290. The number of amides is 1. The fourth-order valence-corrected chi connectivity index (χ4v) is 4.00. The number of ether oxygens (including phenoxy) is 1. The Balaban J connectivity index is 1.73. The number of phenolic OH excluding ortho intramolecular Hbond substituents is 1. The number of allylic oxidation sites excluding steroid dienone is 1. The molecule has 3 rings (SSSR count). The maximum absolute atomic E-state index is 13.5. The lowest BCUT2D eigenvalue weighted by Gasteiger charge is -2.14. The van der Waals surface area contributed by atoms with Crippen molar-refractivity contribution in [3.63, 3.8) is 0 Å². The zero-order chi connectivity index (χ0) is 24.0. The molecule has 0 aromatic heterocycles. The number of rotatable bonds is 8. The van der Waals surface area contributed by atoms with Crippen molar-refractivity contribution in [2.24, 2.45) is 0 Å². The molecule has 4 N–H and O–H groups in total. The number of sulfonamides is 1. The zero-order valence-corrected chi connectivity index (χ0v) is 18.6. The van der Waals surface area contributed by atoms with Crippen molar-refractivity contribution in [1.82, 2.24) is 10.9 Å². The summed E-state index contributed by atoms with van der Waals surface area (Å²) in [6.45, 7) is 1.64. The molecule has 8 nitrogen and oxygen atoms in total. The smallest absolute Gasteiger partial charge is 0.269 e. The van der Waals surface area contributed by atoms with Gasteiger partial charge in [0.05, 0.1) is 17.7 Å². The summed E-state index contributed by atoms with van der Waals surface area (Å²) in [5, 5.41) is 9.95. The zero-order valence-electron chi connectivity index (χ0n) is 17.8. The van der Waals surface area contributed by atoms with Gasteiger partial charge in [0.15, 0.2) is 0 Å². The summed E-state index contributed by atoms with van der Waals surface area (Å²) in [5.74, 6) is -0.788. The molecule has 10 heteroatoms. The third kappa shape index (κ3) is 5.80. The standard InChI is InChI=1S/C23H22FN3O5S/c1-3-21(20-14-16(24)7-12-22(20)28)25-26-23(29)15-5-4-6-19(13-15)33(30,31)27-17-8-10-18(32-2)11-9-17/h3-14,25,27-28H,1-2H3,(H,26,29)/b21-3-. The molecule has 0 aliphatic rings. The SMILES string of the molecule is C/C=C(\NNC(=O)c1cccc(S(=O)(=O)Nc2ccc(OC)cc2)c1)c1cc(F)ccc1O. The second kappa shape index (κ2) is 10.0. The molecule has 0 radical (unpaired) electrons. The van der Waals surface area contributed by atoms with Gasteiger partial charge in [-0.1, -0.05) is 12.1 Å². The van der Waals surface area contributed by atoms with Crippen LogP contribution >= 0.6 is 0 Å². The van der Waals surface area contributed by atoms with Crippen LogP contribution in [0.3, 0.4) is 0 Å². The molecule has 0 fully saturated rings. The summed E-state index contributed by atoms with van der Waals surface area (Å²) in [7, 11) is -2.45. The van der Waals surface area contributed by atoms with Crippen molar-refractivity contribution in [2.45, 2.75) is 11.8 Å². The van der Waals surface area contributed by atoms with E-state index in [1.807, 2.05) is 0 Å². The molecule has 0 spiro atoms. The molecule has 0 atom stereocenters. The van der Waals surface area contributed by atoms with E-state index in [2.05, 4.69) is 15.6 Å². The van der Waals surface area contributed by atoms with E-state index < -0.39 is 21.7 Å². The Morgan fingerprint density at radius 3 is 2.42 bits per heavy atom. The Kier molecular flexibility index (Phi) is 7.19. The molecule has 0 bridgehead atoms. The van der Waals surface area contributed by atoms with Crippen molar-refractivity contribution in [1.29, 1.82) is 0 Å². The van der Waals surface area contributed by atoms with Crippen LogP contribution in [0.25, 0.3) is 5.70 Å². The minimum atomic E-state index is -3.96. The highest BCUT2D eigenvalue weighted by molar-refractivity contribution is 7.92. The molecule has 0 saturated carbocycles. The second-order valence-corrected chi connectivity index (χ2v) is 8.49. The number of hydrogen-bond acceptors (Lipinski definition) is 6. The summed E-state index contributed by atoms with van der Waals surface area (Å²) in [6, 6.07) is 15.2. The van der Waals surface area contributed by atoms with Crippen LogP contribution in [0.2, 0.25) is 0 Å². The van der Waals surface area contributed by atoms with Gasteiger partial charge in [0, 0.05) is 16.8 Å². The number of hydrazine groups is 1. The van der Waals surface area contributed by atoms with Gasteiger partial charge in [-0.25, -0.2) is 12.8 Å². The lowest BCUT2D eigenvalue weighted by molar-refractivity contribution is 0.0942. The predicted molar refractivity (Wildman–Crippen MR) is 123 cm³/mol. The van der Waals surface area contributed by atoms with Crippen molar-refractivity contribution in [3.05, 3.63) is 89.8 Å². The molecule has 0 aliphatic carbocycles. The highest BCUT2D eigenvalue weighted by Crippen LogP contribution is 2.24. The maximum atomic E-state index is 13.5. The largest absolute Gasteiger partial charge is 0.507 e. The molecule has 0 aliphatic heterocycles. The number of nitrogens with one attached hydrogen (secondary N) is 3. The monoisotopic (exact) mass is 471 g/mol. The van der Waals surface area contributed by atoms with E-state index in [9.17, 15) is 22.7 Å². The van der Waals surface area contributed by atoms with Gasteiger partial charge >= 0.3 is 0 Å². The fourth-order valence-electron chi connectivity index (χ4n) is 2.89. The molecule has 0 saturated heterocycles. The molecule has 3 aromatic rings. The van der Waals surface area contributed by atoms with E-state index in [0.29, 0.717) is 11.4 Å². The summed E-state index contributed by atoms with van der Waals surface area (Å²) < 4.78 is 46.5. The highest BCUT2D eigenvalue weighted by atomic mass is 32.2. The third-order valence-electron chi connectivity index (χ3n) is 4.60. The maximum Gasteiger partial charge on any atom is 0.269 e. The van der Waals surface area contributed by atoms with Gasteiger partial charge in [-0.15, -0.1) is 0 Å². The number of anilines is 1. The first-order valence-electron chi connectivity index (χ1n) is 9.72. The number of halogens is 1. The molecule has 172 valence electrons. The van der Waals surface area contributed by atoms with E-state index >= 15 is 0 Å². The second-order valence-electron chi connectivity index (χ2n) is 6.80. The summed E-state index contributed by atoms with van der Waals surface area (Å²) in [6.07, 6.45) is 1.54. The quantitative estimate of drug-likeness (QED) is 0.373. The van der Waals surface area contributed by atoms with Crippen LogP contribution < -0.4 is 20.3 Å². The first kappa shape index (κ1) is 23.6. The van der Waals surface area contributed by atoms with Crippen LogP contribution in [-0.4, -0.2) is 26.5 Å². The van der Waals surface area contributed by atoms with Crippen LogP contribution in [-0.2, 0) is 10.0 Å². The molecule has 0 heterocycles. The first-order chi connectivity index (χ1) is 15.7. The van der Waals surface area contributed by atoms with Crippen LogP contribution in [0, 0.1) is 5.82 Å². The van der Waals surface area contributed by atoms with Gasteiger partial charge in [0.25, 0.3) is 15.9 Å². The Labute approximate surface area is 190 Å². The minimum Gasteiger partial charge on any atom is -0.507 e. The average molecular weight is 472 g/mol. The van der Waals surface area contributed by atoms with Gasteiger partial charge in [0.1, 0.15) is 17.3 Å². The van der Waals surface area contributed by atoms with Crippen molar-refractivity contribution < 1.29 is 27.4 Å². The molecule has 33 heavy (non-hydrogen) atoms. The first-order valence-corrected chi connectivity index (χ1v) is 11.2. The number of hydrogen-bond donors (Lipinski definition) is 4. The number of carbonyl (C=O) groups excluding carboxylic acids is 1. The van der Waals surface area contributed by atoms with E-state index in [1.165, 1.54) is 43.5 Å². The van der Waals surface area contributed by atoms with Crippen molar-refractivity contribution in [3.8, 4) is 11.5 Å². The minimum absolute atomic E-state index is 0.0685. The van der Waals surface area contributed by atoms with Gasteiger partial charge in [0.2, 0.25) is 0 Å². The summed E-state index contributed by atoms with van der Waals surface area (Å²) in [4.78, 5) is 12.5. The molecule has 1 amide bonds. The normalized spacial score (nSPS) is 11.5. The topological polar surface area (TPSA) is 117 Å². The van der Waals surface area contributed by atoms with Gasteiger partial charge < -0.3 is 9.84 Å². The number of methoxy groups -OCH3 is 1. The number of aromatic hydroxyl groups is 1. The Morgan fingerprint density at radius 1 is 1.03 bits per heavy atom. The lowest BCUT2D eigenvalue weighted by atomic mass is 10.1. The molecular formula is C23H22FN3O5S. The fraction of sp³-hybridized carbons (Fsp3) is 0.0870. The summed E-state index contributed by atoms with van der Waals surface area (Å²) >= 11 is 0. The van der Waals surface area contributed by atoms with Crippen LogP contribution in [0.5, 0.6) is 11.5 Å².